The van der Waals surface area contributed by atoms with Crippen LogP contribution in [0, 0.1) is 21.4 Å². The lowest BCUT2D eigenvalue weighted by Crippen LogP contribution is -2.62. The first-order valence-corrected chi connectivity index (χ1v) is 16.9. The topological polar surface area (TPSA) is 105 Å². The summed E-state index contributed by atoms with van der Waals surface area (Å²) in [6.07, 6.45) is 7.17. The van der Waals surface area contributed by atoms with Crippen molar-refractivity contribution in [3.8, 4) is 0 Å². The average molecular weight is 553 g/mol. The van der Waals surface area contributed by atoms with Gasteiger partial charge in [0.25, 0.3) is 5.69 Å². The smallest absolute Gasteiger partial charge is 0.274 e. The van der Waals surface area contributed by atoms with E-state index in [0.717, 1.165) is 30.5 Å². The molecule has 2 aliphatic heterocycles. The summed E-state index contributed by atoms with van der Waals surface area (Å²) in [6.45, 7) is 11.7. The second-order valence-corrected chi connectivity index (χ2v) is 18.4. The molecular weight excluding hydrogens is 512 g/mol. The minimum absolute atomic E-state index is 0.0000532. The molecule has 5 aliphatic rings. The molecule has 39 heavy (non-hydrogen) atoms. The lowest BCUT2D eigenvalue weighted by molar-refractivity contribution is -0.385. The number of benzene rings is 1. The molecule has 0 radical (unpaired) electrons. The first kappa shape index (κ1) is 27.0. The van der Waals surface area contributed by atoms with Gasteiger partial charge in [-0.2, -0.15) is 0 Å². The van der Waals surface area contributed by atoms with Gasteiger partial charge in [-0.25, -0.2) is 0 Å². The van der Waals surface area contributed by atoms with Crippen molar-refractivity contribution in [2.75, 3.05) is 13.6 Å². The highest BCUT2D eigenvalue weighted by molar-refractivity contribution is 6.74. The van der Waals surface area contributed by atoms with Crippen molar-refractivity contribution in [3.05, 3.63) is 74.9 Å². The van der Waals surface area contributed by atoms with Crippen molar-refractivity contribution in [2.24, 2.45) is 11.3 Å². The Hall–Kier alpha value is -2.14. The quantitative estimate of drug-likeness (QED) is 0.238. The molecule has 6 rings (SSSR count). The Kier molecular flexibility index (Phi) is 6.02. The summed E-state index contributed by atoms with van der Waals surface area (Å²) in [6, 6.07) is 5.34. The molecule has 2 heterocycles. The molecule has 2 saturated heterocycles. The molecule has 2 N–H and O–H groups in total. The van der Waals surface area contributed by atoms with Crippen molar-refractivity contribution in [3.63, 3.8) is 0 Å². The lowest BCUT2D eigenvalue weighted by atomic mass is 9.50. The molecule has 9 heteroatoms. The molecular formula is C30H40N2O6Si. The van der Waals surface area contributed by atoms with Gasteiger partial charge in [-0.3, -0.25) is 10.1 Å². The third kappa shape index (κ3) is 3.60. The second-order valence-electron chi connectivity index (χ2n) is 13.6. The van der Waals surface area contributed by atoms with Gasteiger partial charge in [0, 0.05) is 23.4 Å². The van der Waals surface area contributed by atoms with Crippen LogP contribution in [0.4, 0.5) is 5.69 Å². The molecule has 210 valence electrons. The summed E-state index contributed by atoms with van der Waals surface area (Å²) < 4.78 is 13.4. The highest BCUT2D eigenvalue weighted by atomic mass is 28.4. The lowest BCUT2D eigenvalue weighted by Gasteiger charge is -2.58. The number of nitro groups is 1. The molecule has 0 saturated carbocycles. The third-order valence-corrected chi connectivity index (χ3v) is 15.2. The zero-order chi connectivity index (χ0) is 28.1. The highest BCUT2D eigenvalue weighted by Crippen LogP contribution is 2.69. The number of piperidine rings is 1. The Morgan fingerprint density at radius 3 is 2.67 bits per heavy atom. The van der Waals surface area contributed by atoms with Gasteiger partial charge in [-0.05, 0) is 73.4 Å². The van der Waals surface area contributed by atoms with E-state index in [4.69, 9.17) is 9.16 Å². The molecule has 1 aromatic rings. The number of ether oxygens (including phenoxy) is 1. The Bertz CT molecular complexity index is 1310. The molecule has 3 aliphatic carbocycles. The molecule has 7 atom stereocenters. The summed E-state index contributed by atoms with van der Waals surface area (Å²) in [5, 5.41) is 35.0. The number of aliphatic hydroxyl groups is 2. The predicted octanol–water partition coefficient (Wildman–Crippen LogP) is 4.58. The van der Waals surface area contributed by atoms with Crippen LogP contribution in [-0.4, -0.2) is 66.3 Å². The molecule has 2 bridgehead atoms. The number of allylic oxidation sites excluding steroid dienone is 1. The number of hydrogen-bond acceptors (Lipinski definition) is 7. The summed E-state index contributed by atoms with van der Waals surface area (Å²) in [7, 11) is -0.0244. The van der Waals surface area contributed by atoms with E-state index in [0.29, 0.717) is 11.1 Å². The van der Waals surface area contributed by atoms with E-state index < -0.39 is 37.6 Å². The van der Waals surface area contributed by atoms with Crippen LogP contribution in [0.3, 0.4) is 0 Å². The molecule has 8 nitrogen and oxygen atoms in total. The van der Waals surface area contributed by atoms with Gasteiger partial charge in [0.15, 0.2) is 8.32 Å². The monoisotopic (exact) mass is 552 g/mol. The van der Waals surface area contributed by atoms with Gasteiger partial charge < -0.3 is 24.3 Å². The molecule has 0 aromatic heterocycles. The van der Waals surface area contributed by atoms with Crippen molar-refractivity contribution in [1.82, 2.24) is 4.90 Å². The van der Waals surface area contributed by atoms with Crippen molar-refractivity contribution < 1.29 is 24.3 Å². The standard InChI is InChI=1S/C30H40N2O6Si/c1-28(2,3)39(5,6)37-17-19-15-20(8-10-22(19)32(35)36)30-25(34)12-7-18-16-23-21-9-11-24(33)27(38-30)29(21,26(18)30)13-14-31(23)4/h7-12,15,21,23-25,27,33-34H,13-14,16-17H2,1-6H3/t21-,23+,24-,25?,27-,29-,30?/m0/s1. The van der Waals surface area contributed by atoms with Gasteiger partial charge >= 0.3 is 0 Å². The van der Waals surface area contributed by atoms with Gasteiger partial charge in [-0.15, -0.1) is 0 Å². The summed E-state index contributed by atoms with van der Waals surface area (Å²) in [4.78, 5) is 14.1. The van der Waals surface area contributed by atoms with Crippen molar-refractivity contribution in [1.29, 1.82) is 0 Å². The molecule has 1 aromatic carbocycles. The molecule has 0 amide bonds. The minimum Gasteiger partial charge on any atom is -0.412 e. The number of nitrogens with zero attached hydrogens (tertiary/aromatic N) is 2. The average Bonchev–Trinajstić information content (AvgIpc) is 3.20. The largest absolute Gasteiger partial charge is 0.412 e. The van der Waals surface area contributed by atoms with E-state index in [-0.39, 0.29) is 34.2 Å². The third-order valence-electron chi connectivity index (χ3n) is 10.7. The number of rotatable bonds is 5. The Balaban J connectivity index is 1.51. The maximum absolute atomic E-state index is 12.1. The first-order valence-electron chi connectivity index (χ1n) is 14.0. The van der Waals surface area contributed by atoms with Crippen LogP contribution < -0.4 is 0 Å². The number of likely N-dealkylation sites (tertiary alicyclic amines) is 1. The maximum atomic E-state index is 12.1. The van der Waals surface area contributed by atoms with E-state index in [1.807, 2.05) is 18.2 Å². The van der Waals surface area contributed by atoms with Gasteiger partial charge in [0.05, 0.1) is 29.3 Å². The van der Waals surface area contributed by atoms with Crippen molar-refractivity contribution in [2.45, 2.75) is 88.3 Å². The summed E-state index contributed by atoms with van der Waals surface area (Å²) in [5.74, 6) is 0.156. The van der Waals surface area contributed by atoms with E-state index >= 15 is 0 Å². The van der Waals surface area contributed by atoms with Gasteiger partial charge in [0.2, 0.25) is 0 Å². The number of nitro benzene ring substituents is 1. The normalized spacial score (nSPS) is 37.3. The van der Waals surface area contributed by atoms with Crippen LogP contribution in [0.2, 0.25) is 18.1 Å². The zero-order valence-corrected chi connectivity index (χ0v) is 24.7. The predicted molar refractivity (Wildman–Crippen MR) is 151 cm³/mol. The van der Waals surface area contributed by atoms with E-state index in [1.165, 1.54) is 6.07 Å². The zero-order valence-electron chi connectivity index (χ0n) is 23.7. The van der Waals surface area contributed by atoms with Crippen molar-refractivity contribution >= 4 is 14.0 Å². The van der Waals surface area contributed by atoms with E-state index in [1.54, 1.807) is 12.1 Å². The minimum atomic E-state index is -2.18. The summed E-state index contributed by atoms with van der Waals surface area (Å²) >= 11 is 0. The maximum Gasteiger partial charge on any atom is 0.274 e. The van der Waals surface area contributed by atoms with Crippen LogP contribution >= 0.6 is 0 Å². The summed E-state index contributed by atoms with van der Waals surface area (Å²) in [5.41, 5.74) is 1.70. The molecule has 2 fully saturated rings. The van der Waals surface area contributed by atoms with E-state index in [2.05, 4.69) is 51.9 Å². The fraction of sp³-hybridized carbons (Fsp3) is 0.600. The second kappa shape index (κ2) is 8.68. The first-order chi connectivity index (χ1) is 18.2. The van der Waals surface area contributed by atoms with E-state index in [9.17, 15) is 20.3 Å². The SMILES string of the molecule is CN1CC[C@]23C4=C5C=CC(O)C4(c4ccc([N+](=O)[O-])c(CO[Si](C)(C)C(C)(C)C)c4)O[C@H]2[C@@H](O)C=C[C@H]3[C@H]1C5. The van der Waals surface area contributed by atoms with Crippen LogP contribution in [-0.2, 0) is 21.4 Å². The Morgan fingerprint density at radius 1 is 1.23 bits per heavy atom. The Labute approximate surface area is 231 Å². The molecule has 2 unspecified atom stereocenters. The fourth-order valence-electron chi connectivity index (χ4n) is 7.62. The number of aliphatic hydroxyl groups excluding tert-OH is 2. The fourth-order valence-corrected chi connectivity index (χ4v) is 8.57. The van der Waals surface area contributed by atoms with Gasteiger partial charge in [0.1, 0.15) is 11.7 Å². The number of hydrogen-bond donors (Lipinski definition) is 2. The Morgan fingerprint density at radius 2 is 1.97 bits per heavy atom. The van der Waals surface area contributed by atoms with Crippen LogP contribution in [0.15, 0.2) is 53.6 Å². The highest BCUT2D eigenvalue weighted by Gasteiger charge is 2.71. The van der Waals surface area contributed by atoms with Gasteiger partial charge in [-0.1, -0.05) is 45.1 Å². The van der Waals surface area contributed by atoms with Crippen LogP contribution in [0.5, 0.6) is 0 Å². The van der Waals surface area contributed by atoms with Crippen LogP contribution in [0.1, 0.15) is 44.7 Å². The van der Waals surface area contributed by atoms with Crippen LogP contribution in [0.25, 0.3) is 0 Å². The molecule has 1 spiro atoms.